The molecule has 1 rings (SSSR count). The summed E-state index contributed by atoms with van der Waals surface area (Å²) in [4.78, 5) is 36.1. The van der Waals surface area contributed by atoms with Crippen LogP contribution in [0.15, 0.2) is 24.3 Å². The number of carbonyl (C=O) groups is 3. The lowest BCUT2D eigenvalue weighted by atomic mass is 9.86. The number of methoxy groups -OCH3 is 1. The molecule has 0 aliphatic heterocycles. The lowest BCUT2D eigenvalue weighted by Crippen LogP contribution is -2.54. The van der Waals surface area contributed by atoms with Crippen LogP contribution in [-0.4, -0.2) is 37.0 Å². The van der Waals surface area contributed by atoms with E-state index in [-0.39, 0.29) is 17.2 Å². The number of ether oxygens (including phenoxy) is 1. The standard InChI is InChI=1S/C21H32N2O4/c1-13(2)18(22-14(3)24)19(25)23-17(20(26)27-7)12-15-8-10-16(11-9-15)21(4,5)6/h8-11,13,17-18H,12H2,1-7H3,(H,22,24)(H,23,25)/t17-,18+/m0/s1. The predicted octanol–water partition coefficient (Wildman–Crippen LogP) is 2.35. The molecule has 2 N–H and O–H groups in total. The largest absolute Gasteiger partial charge is 0.467 e. The molecule has 0 fully saturated rings. The molecule has 0 aromatic heterocycles. The van der Waals surface area contributed by atoms with Crippen LogP contribution in [0.25, 0.3) is 0 Å². The third-order valence-electron chi connectivity index (χ3n) is 4.37. The van der Waals surface area contributed by atoms with Gasteiger partial charge in [-0.2, -0.15) is 0 Å². The lowest BCUT2D eigenvalue weighted by molar-refractivity contribution is -0.145. The molecule has 0 saturated carbocycles. The first-order chi connectivity index (χ1) is 12.5. The molecule has 1 aromatic carbocycles. The van der Waals surface area contributed by atoms with E-state index in [4.69, 9.17) is 4.74 Å². The molecule has 0 heterocycles. The van der Waals surface area contributed by atoms with Gasteiger partial charge in [0, 0.05) is 13.3 Å². The molecule has 27 heavy (non-hydrogen) atoms. The van der Waals surface area contributed by atoms with Crippen molar-refractivity contribution in [2.75, 3.05) is 7.11 Å². The summed E-state index contributed by atoms with van der Waals surface area (Å²) >= 11 is 0. The zero-order valence-corrected chi connectivity index (χ0v) is 17.4. The molecule has 0 aliphatic carbocycles. The van der Waals surface area contributed by atoms with Gasteiger partial charge in [-0.3, -0.25) is 9.59 Å². The Morgan fingerprint density at radius 3 is 2.00 bits per heavy atom. The average Bonchev–Trinajstić information content (AvgIpc) is 2.57. The van der Waals surface area contributed by atoms with Crippen molar-refractivity contribution in [1.82, 2.24) is 10.6 Å². The molecule has 1 aromatic rings. The number of carbonyl (C=O) groups excluding carboxylic acids is 3. The summed E-state index contributed by atoms with van der Waals surface area (Å²) in [5, 5.41) is 5.35. The van der Waals surface area contributed by atoms with Crippen molar-refractivity contribution in [3.8, 4) is 0 Å². The predicted molar refractivity (Wildman–Crippen MR) is 105 cm³/mol. The Balaban J connectivity index is 2.94. The van der Waals surface area contributed by atoms with Gasteiger partial charge in [0.1, 0.15) is 12.1 Å². The maximum atomic E-state index is 12.6. The Kier molecular flexibility index (Phi) is 8.00. The molecule has 2 atom stereocenters. The quantitative estimate of drug-likeness (QED) is 0.716. The normalized spacial score (nSPS) is 13.6. The highest BCUT2D eigenvalue weighted by atomic mass is 16.5. The van der Waals surface area contributed by atoms with Crippen molar-refractivity contribution >= 4 is 17.8 Å². The second-order valence-electron chi connectivity index (χ2n) is 8.16. The molecule has 0 bridgehead atoms. The highest BCUT2D eigenvalue weighted by Gasteiger charge is 2.28. The van der Waals surface area contributed by atoms with Crippen molar-refractivity contribution in [2.24, 2.45) is 5.92 Å². The minimum Gasteiger partial charge on any atom is -0.467 e. The van der Waals surface area contributed by atoms with Crippen molar-refractivity contribution in [2.45, 2.75) is 65.5 Å². The minimum absolute atomic E-state index is 0.0390. The molecule has 0 saturated heterocycles. The fourth-order valence-electron chi connectivity index (χ4n) is 2.73. The Labute approximate surface area is 162 Å². The van der Waals surface area contributed by atoms with Crippen LogP contribution < -0.4 is 10.6 Å². The molecule has 0 unspecified atom stereocenters. The van der Waals surface area contributed by atoms with Crippen molar-refractivity contribution in [3.63, 3.8) is 0 Å². The number of rotatable bonds is 7. The van der Waals surface area contributed by atoms with E-state index < -0.39 is 24.0 Å². The van der Waals surface area contributed by atoms with Gasteiger partial charge in [0.05, 0.1) is 7.11 Å². The molecular formula is C21H32N2O4. The highest BCUT2D eigenvalue weighted by molar-refractivity contribution is 5.90. The maximum absolute atomic E-state index is 12.6. The number of nitrogens with one attached hydrogen (secondary N) is 2. The van der Waals surface area contributed by atoms with Gasteiger partial charge >= 0.3 is 5.97 Å². The van der Waals surface area contributed by atoms with Gasteiger partial charge in [0.2, 0.25) is 11.8 Å². The Hall–Kier alpha value is -2.37. The molecule has 150 valence electrons. The fraction of sp³-hybridized carbons (Fsp3) is 0.571. The number of amides is 2. The minimum atomic E-state index is -0.821. The first-order valence-electron chi connectivity index (χ1n) is 9.20. The van der Waals surface area contributed by atoms with E-state index in [1.807, 2.05) is 38.1 Å². The van der Waals surface area contributed by atoms with Crippen LogP contribution in [0.2, 0.25) is 0 Å². The third-order valence-corrected chi connectivity index (χ3v) is 4.37. The lowest BCUT2D eigenvalue weighted by Gasteiger charge is -2.24. The van der Waals surface area contributed by atoms with Gasteiger partial charge in [-0.15, -0.1) is 0 Å². The van der Waals surface area contributed by atoms with E-state index in [0.29, 0.717) is 6.42 Å². The maximum Gasteiger partial charge on any atom is 0.328 e. The molecule has 0 aliphatic rings. The van der Waals surface area contributed by atoms with Crippen LogP contribution >= 0.6 is 0 Å². The molecule has 6 heteroatoms. The SMILES string of the molecule is COC(=O)[C@H](Cc1ccc(C(C)(C)C)cc1)NC(=O)[C@H](NC(C)=O)C(C)C. The van der Waals surface area contributed by atoms with Gasteiger partial charge in [-0.1, -0.05) is 58.9 Å². The summed E-state index contributed by atoms with van der Waals surface area (Å²) in [7, 11) is 1.29. The summed E-state index contributed by atoms with van der Waals surface area (Å²) in [5.41, 5.74) is 2.15. The smallest absolute Gasteiger partial charge is 0.328 e. The first-order valence-corrected chi connectivity index (χ1v) is 9.20. The Morgan fingerprint density at radius 2 is 1.59 bits per heavy atom. The number of esters is 1. The molecular weight excluding hydrogens is 344 g/mol. The first kappa shape index (κ1) is 22.7. The Bertz CT molecular complexity index is 660. The third kappa shape index (κ3) is 7.04. The summed E-state index contributed by atoms with van der Waals surface area (Å²) in [6.07, 6.45) is 0.313. The van der Waals surface area contributed by atoms with Gasteiger partial charge in [-0.25, -0.2) is 4.79 Å². The van der Waals surface area contributed by atoms with Crippen molar-refractivity contribution in [3.05, 3.63) is 35.4 Å². The second kappa shape index (κ2) is 9.53. The van der Waals surface area contributed by atoms with Crippen molar-refractivity contribution < 1.29 is 19.1 Å². The van der Waals surface area contributed by atoms with Crippen LogP contribution in [-0.2, 0) is 31.0 Å². The molecule has 2 amide bonds. The van der Waals surface area contributed by atoms with E-state index in [1.165, 1.54) is 19.6 Å². The van der Waals surface area contributed by atoms with E-state index in [9.17, 15) is 14.4 Å². The van der Waals surface area contributed by atoms with Gasteiger partial charge in [0.15, 0.2) is 0 Å². The molecule has 6 nitrogen and oxygen atoms in total. The van der Waals surface area contributed by atoms with Crippen LogP contribution in [0.5, 0.6) is 0 Å². The van der Waals surface area contributed by atoms with Gasteiger partial charge in [0.25, 0.3) is 0 Å². The zero-order valence-electron chi connectivity index (χ0n) is 17.4. The number of hydrogen-bond donors (Lipinski definition) is 2. The van der Waals surface area contributed by atoms with E-state index in [2.05, 4.69) is 31.4 Å². The topological polar surface area (TPSA) is 84.5 Å². The van der Waals surface area contributed by atoms with Crippen LogP contribution in [0, 0.1) is 5.92 Å². The van der Waals surface area contributed by atoms with Gasteiger partial charge < -0.3 is 15.4 Å². The van der Waals surface area contributed by atoms with Crippen LogP contribution in [0.4, 0.5) is 0 Å². The number of hydrogen-bond acceptors (Lipinski definition) is 4. The molecule has 0 spiro atoms. The van der Waals surface area contributed by atoms with Crippen LogP contribution in [0.1, 0.15) is 52.7 Å². The van der Waals surface area contributed by atoms with E-state index >= 15 is 0 Å². The van der Waals surface area contributed by atoms with Gasteiger partial charge in [-0.05, 0) is 22.5 Å². The summed E-state index contributed by atoms with van der Waals surface area (Å²) < 4.78 is 4.84. The summed E-state index contributed by atoms with van der Waals surface area (Å²) in [6, 6.07) is 6.43. The van der Waals surface area contributed by atoms with Crippen LogP contribution in [0.3, 0.4) is 0 Å². The van der Waals surface area contributed by atoms with E-state index in [1.54, 1.807) is 0 Å². The van der Waals surface area contributed by atoms with Crippen molar-refractivity contribution in [1.29, 1.82) is 0 Å². The number of benzene rings is 1. The zero-order chi connectivity index (χ0) is 20.8. The Morgan fingerprint density at radius 1 is 1.04 bits per heavy atom. The van der Waals surface area contributed by atoms with E-state index in [0.717, 1.165) is 5.56 Å². The summed E-state index contributed by atoms with van der Waals surface area (Å²) in [6.45, 7) is 11.4. The summed E-state index contributed by atoms with van der Waals surface area (Å²) in [5.74, 6) is -1.33. The average molecular weight is 376 g/mol. The fourth-order valence-corrected chi connectivity index (χ4v) is 2.73. The highest BCUT2D eigenvalue weighted by Crippen LogP contribution is 2.22. The second-order valence-corrected chi connectivity index (χ2v) is 8.16. The molecule has 0 radical (unpaired) electrons. The monoisotopic (exact) mass is 376 g/mol.